The van der Waals surface area contributed by atoms with Gasteiger partial charge in [0.25, 0.3) is 0 Å². The number of pyridine rings is 1. The zero-order valence-corrected chi connectivity index (χ0v) is 17.3. The number of anilines is 1. The number of aliphatic hydroxyl groups excluding tert-OH is 1. The van der Waals surface area contributed by atoms with Crippen LogP contribution in [0, 0.1) is 0 Å². The summed E-state index contributed by atoms with van der Waals surface area (Å²) in [4.78, 5) is 6.52. The Morgan fingerprint density at radius 2 is 2.00 bits per heavy atom. The van der Waals surface area contributed by atoms with Crippen LogP contribution in [0.2, 0.25) is 5.02 Å². The van der Waals surface area contributed by atoms with E-state index < -0.39 is 0 Å². The summed E-state index contributed by atoms with van der Waals surface area (Å²) in [6, 6.07) is 18.4. The largest absolute Gasteiger partial charge is 0.471 e. The van der Waals surface area contributed by atoms with Crippen LogP contribution in [-0.2, 0) is 13.0 Å². The Morgan fingerprint density at radius 3 is 2.79 bits per heavy atom. The van der Waals surface area contributed by atoms with Crippen LogP contribution in [0.1, 0.15) is 24.5 Å². The van der Waals surface area contributed by atoms with Crippen molar-refractivity contribution >= 4 is 17.3 Å². The maximum Gasteiger partial charge on any atom is 0.232 e. The Hall–Kier alpha value is -2.56. The van der Waals surface area contributed by atoms with Crippen molar-refractivity contribution in [1.82, 2.24) is 4.98 Å². The highest BCUT2D eigenvalue weighted by Crippen LogP contribution is 2.33. The molecule has 1 aromatic heterocycles. The highest BCUT2D eigenvalue weighted by atomic mass is 35.5. The summed E-state index contributed by atoms with van der Waals surface area (Å²) in [6.45, 7) is 3.78. The fourth-order valence-electron chi connectivity index (χ4n) is 3.93. The zero-order chi connectivity index (χ0) is 20.2. The molecule has 5 heteroatoms. The summed E-state index contributed by atoms with van der Waals surface area (Å²) in [6.07, 6.45) is 3.57. The van der Waals surface area contributed by atoms with Gasteiger partial charge in [0.05, 0.1) is 13.2 Å². The third-order valence-electron chi connectivity index (χ3n) is 5.45. The van der Waals surface area contributed by atoms with Crippen LogP contribution in [0.15, 0.2) is 60.8 Å². The van der Waals surface area contributed by atoms with E-state index in [-0.39, 0.29) is 12.7 Å². The molecule has 2 heterocycles. The van der Waals surface area contributed by atoms with Crippen molar-refractivity contribution in [3.63, 3.8) is 0 Å². The molecule has 1 saturated heterocycles. The van der Waals surface area contributed by atoms with E-state index >= 15 is 0 Å². The lowest BCUT2D eigenvalue weighted by atomic mass is 9.96. The number of halogens is 1. The molecule has 0 radical (unpaired) electrons. The van der Waals surface area contributed by atoms with Crippen LogP contribution in [0.5, 0.6) is 5.88 Å². The number of rotatable bonds is 6. The molecule has 1 aliphatic heterocycles. The Bertz CT molecular complexity index is 992. The van der Waals surface area contributed by atoms with Gasteiger partial charge in [-0.2, -0.15) is 0 Å². The minimum atomic E-state index is 0.0130. The quantitative estimate of drug-likeness (QED) is 0.615. The Morgan fingerprint density at radius 1 is 1.14 bits per heavy atom. The summed E-state index contributed by atoms with van der Waals surface area (Å²) < 4.78 is 6.04. The molecule has 4 rings (SSSR count). The average molecular weight is 409 g/mol. The van der Waals surface area contributed by atoms with Crippen LogP contribution < -0.4 is 9.64 Å². The van der Waals surface area contributed by atoms with Crippen LogP contribution >= 0.6 is 11.6 Å². The summed E-state index contributed by atoms with van der Waals surface area (Å²) in [5.74, 6) is 0.481. The third-order valence-corrected chi connectivity index (χ3v) is 5.74. The first kappa shape index (κ1) is 19.7. The molecule has 150 valence electrons. The van der Waals surface area contributed by atoms with E-state index in [2.05, 4.69) is 53.2 Å². The molecule has 1 atom stereocenters. The minimum Gasteiger partial charge on any atom is -0.471 e. The Balaban J connectivity index is 1.59. The molecular formula is C24H25ClN2O2. The molecular weight excluding hydrogens is 384 g/mol. The molecule has 1 aliphatic rings. The number of nitrogens with zero attached hydrogens (tertiary/aromatic N) is 2. The van der Waals surface area contributed by atoms with Crippen molar-refractivity contribution in [2.75, 3.05) is 18.0 Å². The zero-order valence-electron chi connectivity index (χ0n) is 16.5. The first-order valence-corrected chi connectivity index (χ1v) is 10.4. The van der Waals surface area contributed by atoms with Crippen LogP contribution in [0.4, 0.5) is 5.69 Å². The molecule has 0 bridgehead atoms. The van der Waals surface area contributed by atoms with E-state index in [0.717, 1.165) is 37.2 Å². The molecule has 29 heavy (non-hydrogen) atoms. The van der Waals surface area contributed by atoms with E-state index in [1.54, 1.807) is 18.3 Å². The van der Waals surface area contributed by atoms with Crippen molar-refractivity contribution in [3.8, 4) is 17.0 Å². The Labute approximate surface area is 176 Å². The first-order chi connectivity index (χ1) is 14.2. The maximum atomic E-state index is 9.89. The SMILES string of the molecule is CCc1ccccc1-c1ccc(CO)c(N2CCC(Oc3ncccc3Cl)C2)c1. The second-order valence-corrected chi connectivity index (χ2v) is 7.68. The normalized spacial score (nSPS) is 16.2. The van der Waals surface area contributed by atoms with Crippen LogP contribution in [0.3, 0.4) is 0 Å². The van der Waals surface area contributed by atoms with Crippen molar-refractivity contribution < 1.29 is 9.84 Å². The summed E-state index contributed by atoms with van der Waals surface area (Å²) in [5, 5.41) is 10.4. The number of aliphatic hydroxyl groups is 1. The van der Waals surface area contributed by atoms with Gasteiger partial charge in [0.2, 0.25) is 5.88 Å². The van der Waals surface area contributed by atoms with Crippen LogP contribution in [0.25, 0.3) is 11.1 Å². The Kier molecular flexibility index (Phi) is 6.02. The monoisotopic (exact) mass is 408 g/mol. The highest BCUT2D eigenvalue weighted by Gasteiger charge is 2.27. The van der Waals surface area contributed by atoms with Gasteiger partial charge in [0, 0.05) is 30.4 Å². The lowest BCUT2D eigenvalue weighted by Gasteiger charge is -2.23. The molecule has 0 spiro atoms. The van der Waals surface area contributed by atoms with Crippen molar-refractivity contribution in [2.24, 2.45) is 0 Å². The first-order valence-electron chi connectivity index (χ1n) is 10.0. The summed E-state index contributed by atoms with van der Waals surface area (Å²) in [7, 11) is 0. The second-order valence-electron chi connectivity index (χ2n) is 7.28. The molecule has 0 aliphatic carbocycles. The van der Waals surface area contributed by atoms with Gasteiger partial charge in [-0.15, -0.1) is 0 Å². The number of aromatic nitrogens is 1. The number of aryl methyl sites for hydroxylation is 1. The summed E-state index contributed by atoms with van der Waals surface area (Å²) >= 11 is 6.19. The predicted octanol–water partition coefficient (Wildman–Crippen LogP) is 5.11. The van der Waals surface area contributed by atoms with E-state index in [1.165, 1.54) is 16.7 Å². The number of benzene rings is 2. The lowest BCUT2D eigenvalue weighted by molar-refractivity contribution is 0.216. The number of ether oxygens (including phenoxy) is 1. The van der Waals surface area contributed by atoms with Gasteiger partial charge in [-0.25, -0.2) is 4.98 Å². The molecule has 1 unspecified atom stereocenters. The van der Waals surface area contributed by atoms with Crippen molar-refractivity contribution in [1.29, 1.82) is 0 Å². The van der Waals surface area contributed by atoms with Gasteiger partial charge in [-0.3, -0.25) is 0 Å². The van der Waals surface area contributed by atoms with Gasteiger partial charge >= 0.3 is 0 Å². The molecule has 0 saturated carbocycles. The second kappa shape index (κ2) is 8.85. The van der Waals surface area contributed by atoms with E-state index in [4.69, 9.17) is 16.3 Å². The van der Waals surface area contributed by atoms with Crippen LogP contribution in [-0.4, -0.2) is 29.3 Å². The summed E-state index contributed by atoms with van der Waals surface area (Å²) in [5.41, 5.74) is 5.73. The highest BCUT2D eigenvalue weighted by molar-refractivity contribution is 6.31. The number of hydrogen-bond donors (Lipinski definition) is 1. The van der Waals surface area contributed by atoms with Gasteiger partial charge < -0.3 is 14.7 Å². The van der Waals surface area contributed by atoms with E-state index in [9.17, 15) is 5.11 Å². The van der Waals surface area contributed by atoms with Gasteiger partial charge in [0.15, 0.2) is 0 Å². The van der Waals surface area contributed by atoms with Crippen molar-refractivity contribution in [2.45, 2.75) is 32.5 Å². The third kappa shape index (κ3) is 4.24. The topological polar surface area (TPSA) is 45.6 Å². The van der Waals surface area contributed by atoms with Crippen molar-refractivity contribution in [3.05, 3.63) is 76.9 Å². The van der Waals surface area contributed by atoms with Gasteiger partial charge in [0.1, 0.15) is 11.1 Å². The molecule has 1 fully saturated rings. The molecule has 3 aromatic rings. The fraction of sp³-hybridized carbons (Fsp3) is 0.292. The lowest BCUT2D eigenvalue weighted by Crippen LogP contribution is -2.25. The maximum absolute atomic E-state index is 9.89. The predicted molar refractivity (Wildman–Crippen MR) is 118 cm³/mol. The smallest absolute Gasteiger partial charge is 0.232 e. The minimum absolute atomic E-state index is 0.0130. The molecule has 4 nitrogen and oxygen atoms in total. The molecule has 2 aromatic carbocycles. The fourth-order valence-corrected chi connectivity index (χ4v) is 4.09. The van der Waals surface area contributed by atoms with E-state index in [1.807, 2.05) is 6.07 Å². The number of hydrogen-bond acceptors (Lipinski definition) is 4. The molecule has 1 N–H and O–H groups in total. The molecule has 0 amide bonds. The van der Waals surface area contributed by atoms with Gasteiger partial charge in [-0.05, 0) is 41.3 Å². The standard InChI is InChI=1S/C24H25ClN2O2/c1-2-17-6-3-4-7-21(17)18-9-10-19(16-28)23(14-18)27-13-11-20(15-27)29-24-22(25)8-5-12-26-24/h3-10,12,14,20,28H,2,11,13,15-16H2,1H3. The van der Waals surface area contributed by atoms with Gasteiger partial charge in [-0.1, -0.05) is 54.9 Å². The average Bonchev–Trinajstić information content (AvgIpc) is 3.23. The van der Waals surface area contributed by atoms with E-state index in [0.29, 0.717) is 10.9 Å².